The van der Waals surface area contributed by atoms with Gasteiger partial charge in [0.15, 0.2) is 0 Å². The molecule has 2 aromatic heterocycles. The Morgan fingerprint density at radius 3 is 2.69 bits per heavy atom. The largest absolute Gasteiger partial charge is 0.323 e. The quantitative estimate of drug-likeness (QED) is 0.378. The van der Waals surface area contributed by atoms with Crippen molar-refractivity contribution in [1.29, 1.82) is 0 Å². The van der Waals surface area contributed by atoms with Crippen molar-refractivity contribution in [3.8, 4) is 5.69 Å². The zero-order valence-corrected chi connectivity index (χ0v) is 18.6. The third kappa shape index (κ3) is 3.24. The van der Waals surface area contributed by atoms with Gasteiger partial charge in [-0.05, 0) is 78.1 Å². The van der Waals surface area contributed by atoms with E-state index in [1.54, 1.807) is 11.3 Å². The fourth-order valence-corrected chi connectivity index (χ4v) is 6.02. The lowest BCUT2D eigenvalue weighted by molar-refractivity contribution is 0.195. The number of hydrogen-bond donors (Lipinski definition) is 1. The molecule has 0 saturated carbocycles. The molecule has 2 aromatic carbocycles. The number of fused-ring (bicyclic) bond motifs is 4. The number of carbonyl (C=O) groups excluding carboxylic acids is 1. The summed E-state index contributed by atoms with van der Waals surface area (Å²) in [6.45, 7) is 0.557. The van der Waals surface area contributed by atoms with Gasteiger partial charge in [-0.15, -0.1) is 11.3 Å². The molecule has 1 aliphatic carbocycles. The molecule has 2 aliphatic rings. The van der Waals surface area contributed by atoms with Crippen molar-refractivity contribution < 1.29 is 4.79 Å². The Labute approximate surface area is 192 Å². The first-order chi connectivity index (χ1) is 15.8. The predicted octanol–water partition coefficient (Wildman–Crippen LogP) is 6.55. The first kappa shape index (κ1) is 19.4. The minimum atomic E-state index is -0.142. The van der Waals surface area contributed by atoms with E-state index in [-0.39, 0.29) is 12.1 Å². The molecular formula is C27H25N3OS. The van der Waals surface area contributed by atoms with Gasteiger partial charge in [0.25, 0.3) is 0 Å². The van der Waals surface area contributed by atoms with Crippen LogP contribution in [-0.4, -0.2) is 15.5 Å². The predicted molar refractivity (Wildman–Crippen MR) is 130 cm³/mol. The smallest absolute Gasteiger partial charge is 0.318 e. The highest BCUT2D eigenvalue weighted by Gasteiger charge is 2.33. The Morgan fingerprint density at radius 1 is 0.906 bits per heavy atom. The number of nitrogens with zero attached hydrogens (tertiary/aromatic N) is 2. The third-order valence-electron chi connectivity index (χ3n) is 6.68. The molecule has 32 heavy (non-hydrogen) atoms. The van der Waals surface area contributed by atoms with Crippen LogP contribution in [0.1, 0.15) is 46.1 Å². The standard InChI is InChI=1S/C27H25N3OS/c31-27(28-22-12-5-10-19-8-1-3-11-21(19)22)30-18-20-9-2-4-13-23(20)29-16-6-14-24(29)26(30)25-15-7-17-32-25/h2,4-7,9-10,12-17,26H,1,3,8,11,18H2,(H,28,31)/t26-/m0/s1. The molecule has 160 valence electrons. The first-order valence-electron chi connectivity index (χ1n) is 11.3. The summed E-state index contributed by atoms with van der Waals surface area (Å²) in [5.74, 6) is 0. The molecule has 1 atom stereocenters. The second-order valence-corrected chi connectivity index (χ2v) is 9.54. The van der Waals surface area contributed by atoms with E-state index < -0.39 is 0 Å². The fourth-order valence-electron chi connectivity index (χ4n) is 5.17. The van der Waals surface area contributed by atoms with E-state index >= 15 is 0 Å². The van der Waals surface area contributed by atoms with Crippen LogP contribution >= 0.6 is 11.3 Å². The Balaban J connectivity index is 1.44. The number of urea groups is 1. The van der Waals surface area contributed by atoms with E-state index in [1.165, 1.54) is 28.8 Å². The zero-order valence-electron chi connectivity index (χ0n) is 17.8. The van der Waals surface area contributed by atoms with Crippen molar-refractivity contribution in [1.82, 2.24) is 9.47 Å². The summed E-state index contributed by atoms with van der Waals surface area (Å²) in [5, 5.41) is 5.38. The highest BCUT2D eigenvalue weighted by atomic mass is 32.1. The number of nitrogens with one attached hydrogen (secondary N) is 1. The molecule has 2 amide bonds. The highest BCUT2D eigenvalue weighted by molar-refractivity contribution is 7.10. The Bertz CT molecular complexity index is 1270. The summed E-state index contributed by atoms with van der Waals surface area (Å²) in [5.41, 5.74) is 7.04. The molecule has 3 heterocycles. The molecule has 6 rings (SSSR count). The highest BCUT2D eigenvalue weighted by Crippen LogP contribution is 2.39. The molecule has 4 nitrogen and oxygen atoms in total. The lowest BCUT2D eigenvalue weighted by Gasteiger charge is -2.30. The maximum atomic E-state index is 13.9. The Hall–Kier alpha value is -3.31. The van der Waals surface area contributed by atoms with Crippen molar-refractivity contribution in [3.63, 3.8) is 0 Å². The number of aryl methyl sites for hydroxylation is 1. The summed E-state index contributed by atoms with van der Waals surface area (Å²) >= 11 is 1.70. The van der Waals surface area contributed by atoms with E-state index in [4.69, 9.17) is 0 Å². The monoisotopic (exact) mass is 439 g/mol. The summed E-state index contributed by atoms with van der Waals surface area (Å²) in [4.78, 5) is 17.0. The van der Waals surface area contributed by atoms with Gasteiger partial charge in [0, 0.05) is 16.8 Å². The van der Waals surface area contributed by atoms with Crippen LogP contribution in [0.2, 0.25) is 0 Å². The second-order valence-electron chi connectivity index (χ2n) is 8.56. The average Bonchev–Trinajstić information content (AvgIpc) is 3.50. The normalized spacial score (nSPS) is 17.1. The van der Waals surface area contributed by atoms with Gasteiger partial charge in [0.2, 0.25) is 0 Å². The van der Waals surface area contributed by atoms with E-state index in [9.17, 15) is 4.79 Å². The van der Waals surface area contributed by atoms with Crippen LogP contribution in [0.25, 0.3) is 5.69 Å². The van der Waals surface area contributed by atoms with E-state index in [1.807, 2.05) is 4.90 Å². The lowest BCUT2D eigenvalue weighted by Crippen LogP contribution is -2.37. The summed E-state index contributed by atoms with van der Waals surface area (Å²) in [7, 11) is 0. The van der Waals surface area contributed by atoms with Crippen LogP contribution in [-0.2, 0) is 19.4 Å². The summed E-state index contributed by atoms with van der Waals surface area (Å²) < 4.78 is 2.23. The van der Waals surface area contributed by atoms with Crippen LogP contribution < -0.4 is 5.32 Å². The molecule has 0 spiro atoms. The third-order valence-corrected chi connectivity index (χ3v) is 7.60. The maximum Gasteiger partial charge on any atom is 0.323 e. The number of amides is 2. The number of carbonyl (C=O) groups is 1. The summed E-state index contributed by atoms with van der Waals surface area (Å²) in [6, 6.07) is 22.9. The second kappa shape index (κ2) is 7.99. The van der Waals surface area contributed by atoms with Crippen molar-refractivity contribution in [3.05, 3.63) is 106 Å². The van der Waals surface area contributed by atoms with Gasteiger partial charge in [-0.2, -0.15) is 0 Å². The number of para-hydroxylation sites is 1. The fraction of sp³-hybridized carbons (Fsp3) is 0.222. The number of thiophene rings is 1. The van der Waals surface area contributed by atoms with Gasteiger partial charge >= 0.3 is 6.03 Å². The molecule has 0 unspecified atom stereocenters. The molecule has 4 aromatic rings. The van der Waals surface area contributed by atoms with Crippen LogP contribution in [0.5, 0.6) is 0 Å². The molecular weight excluding hydrogens is 414 g/mol. The van der Waals surface area contributed by atoms with Crippen LogP contribution in [0.3, 0.4) is 0 Å². The molecule has 0 bridgehead atoms. The topological polar surface area (TPSA) is 37.3 Å². The molecule has 0 fully saturated rings. The minimum absolute atomic E-state index is 0.0492. The van der Waals surface area contributed by atoms with Gasteiger partial charge in [0.05, 0.1) is 17.9 Å². The van der Waals surface area contributed by atoms with Crippen molar-refractivity contribution in [2.24, 2.45) is 0 Å². The molecule has 1 N–H and O–H groups in total. The number of anilines is 1. The molecule has 0 saturated heterocycles. The van der Waals surface area contributed by atoms with Crippen molar-refractivity contribution >= 4 is 23.1 Å². The van der Waals surface area contributed by atoms with Crippen molar-refractivity contribution in [2.45, 2.75) is 38.3 Å². The van der Waals surface area contributed by atoms with Gasteiger partial charge in [-0.25, -0.2) is 4.79 Å². The van der Waals surface area contributed by atoms with Crippen LogP contribution in [0, 0.1) is 0 Å². The number of benzene rings is 2. The zero-order chi connectivity index (χ0) is 21.5. The lowest BCUT2D eigenvalue weighted by atomic mass is 9.90. The maximum absolute atomic E-state index is 13.9. The van der Waals surface area contributed by atoms with E-state index in [0.29, 0.717) is 6.54 Å². The van der Waals surface area contributed by atoms with Crippen molar-refractivity contribution in [2.75, 3.05) is 5.32 Å². The number of rotatable bonds is 2. The number of hydrogen-bond acceptors (Lipinski definition) is 2. The number of aromatic nitrogens is 1. The summed E-state index contributed by atoms with van der Waals surface area (Å²) in [6.07, 6.45) is 6.64. The molecule has 1 aliphatic heterocycles. The molecule has 0 radical (unpaired) electrons. The SMILES string of the molecule is O=C(Nc1cccc2c1CCCC2)N1Cc2ccccc2-n2cccc2[C@H]1c1cccs1. The van der Waals surface area contributed by atoms with Gasteiger partial charge in [-0.1, -0.05) is 36.4 Å². The van der Waals surface area contributed by atoms with E-state index in [2.05, 4.69) is 88.2 Å². The van der Waals surface area contributed by atoms with Gasteiger partial charge in [-0.3, -0.25) is 0 Å². The van der Waals surface area contributed by atoms with Gasteiger partial charge in [0.1, 0.15) is 6.04 Å². The van der Waals surface area contributed by atoms with Crippen LogP contribution in [0.15, 0.2) is 78.3 Å². The van der Waals surface area contributed by atoms with E-state index in [0.717, 1.165) is 35.5 Å². The minimum Gasteiger partial charge on any atom is -0.318 e. The first-order valence-corrected chi connectivity index (χ1v) is 12.1. The van der Waals surface area contributed by atoms with Gasteiger partial charge < -0.3 is 14.8 Å². The average molecular weight is 440 g/mol. The van der Waals surface area contributed by atoms with Crippen LogP contribution in [0.4, 0.5) is 10.5 Å². The molecule has 5 heteroatoms. The Kier molecular flexibility index (Phi) is 4.84. The Morgan fingerprint density at radius 2 is 1.78 bits per heavy atom.